The number of anilines is 2. The number of nitrogens with zero attached hydrogens (tertiary/aromatic N) is 6. The van der Waals surface area contributed by atoms with Crippen molar-refractivity contribution in [3.63, 3.8) is 0 Å². The van der Waals surface area contributed by atoms with Crippen molar-refractivity contribution in [3.05, 3.63) is 60.2 Å². The van der Waals surface area contributed by atoms with E-state index < -0.39 is 29.9 Å². The topological polar surface area (TPSA) is 155 Å². The van der Waals surface area contributed by atoms with Crippen LogP contribution in [0.25, 0.3) is 0 Å². The molecule has 40 heavy (non-hydrogen) atoms. The maximum atomic E-state index is 13.6. The predicted molar refractivity (Wildman–Crippen MR) is 142 cm³/mol. The minimum Gasteiger partial charge on any atom is -0.487 e. The number of carbonyl (C=O) groups is 3. The van der Waals surface area contributed by atoms with E-state index in [0.717, 1.165) is 0 Å². The molecule has 0 spiro atoms. The molecule has 0 saturated carbocycles. The smallest absolute Gasteiger partial charge is 0.321 e. The van der Waals surface area contributed by atoms with Crippen LogP contribution in [0.1, 0.15) is 24.2 Å². The Labute approximate surface area is 229 Å². The molecule has 0 saturated heterocycles. The van der Waals surface area contributed by atoms with Gasteiger partial charge in [-0.05, 0) is 59.8 Å². The zero-order chi connectivity index (χ0) is 28.8. The molecule has 0 radical (unpaired) electrons. The number of nitrogens with one attached hydrogen (secondary N) is 2. The third kappa shape index (κ3) is 6.88. The first kappa shape index (κ1) is 28.4. The summed E-state index contributed by atoms with van der Waals surface area (Å²) in [6.45, 7) is 3.71. The van der Waals surface area contributed by atoms with Crippen LogP contribution >= 0.6 is 0 Å². The maximum absolute atomic E-state index is 13.6. The van der Waals surface area contributed by atoms with Gasteiger partial charge in [0.1, 0.15) is 30.5 Å². The highest BCUT2D eigenvalue weighted by atomic mass is 19.1. The Morgan fingerprint density at radius 3 is 2.60 bits per heavy atom. The molecular weight excluding hydrogens is 523 g/mol. The van der Waals surface area contributed by atoms with Crippen LogP contribution in [0.3, 0.4) is 0 Å². The number of aliphatic hydroxyl groups excluding tert-OH is 1. The lowest BCUT2D eigenvalue weighted by Crippen LogP contribution is -2.50. The Bertz CT molecular complexity index is 1340. The molecule has 0 bridgehead atoms. The van der Waals surface area contributed by atoms with E-state index in [9.17, 15) is 23.9 Å². The van der Waals surface area contributed by atoms with Crippen LogP contribution in [-0.2, 0) is 11.3 Å². The van der Waals surface area contributed by atoms with Gasteiger partial charge in [-0.2, -0.15) is 0 Å². The second-order valence-electron chi connectivity index (χ2n) is 9.71. The van der Waals surface area contributed by atoms with Gasteiger partial charge in [-0.3, -0.25) is 9.59 Å². The van der Waals surface area contributed by atoms with Crippen LogP contribution in [0.2, 0.25) is 0 Å². The number of ether oxygens (including phenoxy) is 1. The molecule has 1 aliphatic heterocycles. The van der Waals surface area contributed by atoms with Gasteiger partial charge in [-0.15, -0.1) is 5.10 Å². The third-order valence-corrected chi connectivity index (χ3v) is 6.54. The molecule has 13 nitrogen and oxygen atoms in total. The van der Waals surface area contributed by atoms with E-state index in [1.54, 1.807) is 31.0 Å². The first-order valence-electron chi connectivity index (χ1n) is 12.7. The van der Waals surface area contributed by atoms with Crippen LogP contribution < -0.4 is 15.4 Å². The fourth-order valence-corrected chi connectivity index (χ4v) is 4.22. The molecule has 1 aromatic heterocycles. The first-order chi connectivity index (χ1) is 19.1. The number of urea groups is 1. The number of carbonyl (C=O) groups excluding carboxylic acids is 3. The second-order valence-corrected chi connectivity index (χ2v) is 9.71. The molecule has 0 fully saturated rings. The average molecular weight is 555 g/mol. The van der Waals surface area contributed by atoms with Gasteiger partial charge in [0.05, 0.1) is 24.8 Å². The molecule has 0 unspecified atom stereocenters. The van der Waals surface area contributed by atoms with Crippen LogP contribution in [0.4, 0.5) is 20.6 Å². The third-order valence-electron chi connectivity index (χ3n) is 6.54. The summed E-state index contributed by atoms with van der Waals surface area (Å²) in [4.78, 5) is 41.9. The van der Waals surface area contributed by atoms with Crippen molar-refractivity contribution >= 4 is 29.2 Å². The molecule has 4 rings (SSSR count). The summed E-state index contributed by atoms with van der Waals surface area (Å²) in [5, 5.41) is 25.9. The molecule has 2 aromatic carbocycles. The zero-order valence-electron chi connectivity index (χ0n) is 22.3. The quantitative estimate of drug-likeness (QED) is 0.381. The van der Waals surface area contributed by atoms with Crippen molar-refractivity contribution in [3.8, 4) is 5.75 Å². The number of rotatable bonds is 8. The Hall–Kier alpha value is -4.59. The zero-order valence-corrected chi connectivity index (χ0v) is 22.3. The number of amides is 4. The standard InChI is InChI=1S/C26H31FN8O5/c1-16-11-35(17(2)14-36)25(38)21-10-20(29-24(37)13-34-15-28-31-32-34)8-9-22(21)40-23(16)12-33(3)26(39)30-19-6-4-18(27)5-7-19/h4-10,15-17,23,36H,11-14H2,1-3H3,(H,29,37)(H,30,39)/t16-,17-,23-/m1/s1. The van der Waals surface area contributed by atoms with Gasteiger partial charge in [-0.25, -0.2) is 13.9 Å². The number of benzene rings is 2. The molecule has 3 atom stereocenters. The number of tetrazole rings is 1. The van der Waals surface area contributed by atoms with Crippen molar-refractivity contribution in [1.29, 1.82) is 0 Å². The number of fused-ring (bicyclic) bond motifs is 1. The molecule has 3 N–H and O–H groups in total. The monoisotopic (exact) mass is 554 g/mol. The lowest BCUT2D eigenvalue weighted by Gasteiger charge is -2.38. The Balaban J connectivity index is 1.55. The molecule has 1 aliphatic rings. The van der Waals surface area contributed by atoms with Crippen molar-refractivity contribution in [2.24, 2.45) is 5.92 Å². The van der Waals surface area contributed by atoms with Crippen LogP contribution in [0, 0.1) is 11.7 Å². The largest absolute Gasteiger partial charge is 0.487 e. The second kappa shape index (κ2) is 12.5. The lowest BCUT2D eigenvalue weighted by atomic mass is 9.99. The average Bonchev–Trinajstić information content (AvgIpc) is 3.44. The molecule has 2 heterocycles. The Morgan fingerprint density at radius 1 is 1.20 bits per heavy atom. The number of halogens is 1. The highest BCUT2D eigenvalue weighted by Gasteiger charge is 2.34. The molecule has 212 valence electrons. The number of likely N-dealkylation sites (N-methyl/N-ethyl adjacent to an activating group) is 1. The van der Waals surface area contributed by atoms with Crippen molar-refractivity contribution in [2.75, 3.05) is 37.4 Å². The molecule has 0 aliphatic carbocycles. The van der Waals surface area contributed by atoms with E-state index in [4.69, 9.17) is 4.74 Å². The predicted octanol–water partition coefficient (Wildman–Crippen LogP) is 1.83. The van der Waals surface area contributed by atoms with Crippen molar-refractivity contribution < 1.29 is 28.6 Å². The van der Waals surface area contributed by atoms with E-state index in [1.807, 2.05) is 6.92 Å². The number of aromatic nitrogens is 4. The Kier molecular flexibility index (Phi) is 8.89. The van der Waals surface area contributed by atoms with Crippen molar-refractivity contribution in [1.82, 2.24) is 30.0 Å². The summed E-state index contributed by atoms with van der Waals surface area (Å²) in [5.74, 6) is -1.10. The van der Waals surface area contributed by atoms with Crippen LogP contribution in [-0.4, -0.2) is 91.8 Å². The number of aliphatic hydroxyl groups is 1. The van der Waals surface area contributed by atoms with Gasteiger partial charge >= 0.3 is 6.03 Å². The minimum absolute atomic E-state index is 0.117. The van der Waals surface area contributed by atoms with Gasteiger partial charge in [0, 0.05) is 30.9 Å². The normalized spacial score (nSPS) is 17.6. The summed E-state index contributed by atoms with van der Waals surface area (Å²) in [5.41, 5.74) is 1.01. The maximum Gasteiger partial charge on any atom is 0.321 e. The molecule has 14 heteroatoms. The summed E-state index contributed by atoms with van der Waals surface area (Å²) in [6.07, 6.45) is 0.786. The van der Waals surface area contributed by atoms with Gasteiger partial charge < -0.3 is 30.3 Å². The summed E-state index contributed by atoms with van der Waals surface area (Å²) in [7, 11) is 1.61. The summed E-state index contributed by atoms with van der Waals surface area (Å²) < 4.78 is 20.8. The fourth-order valence-electron chi connectivity index (χ4n) is 4.22. The molecule has 4 amide bonds. The summed E-state index contributed by atoms with van der Waals surface area (Å²) in [6, 6.07) is 9.25. The van der Waals surface area contributed by atoms with Gasteiger partial charge in [-0.1, -0.05) is 6.92 Å². The summed E-state index contributed by atoms with van der Waals surface area (Å²) >= 11 is 0. The van der Waals surface area contributed by atoms with E-state index in [0.29, 0.717) is 11.4 Å². The first-order valence-corrected chi connectivity index (χ1v) is 12.7. The van der Waals surface area contributed by atoms with E-state index in [-0.39, 0.29) is 49.4 Å². The van der Waals surface area contributed by atoms with Crippen LogP contribution in [0.5, 0.6) is 5.75 Å². The van der Waals surface area contributed by atoms with Gasteiger partial charge in [0.25, 0.3) is 5.91 Å². The Morgan fingerprint density at radius 2 is 1.93 bits per heavy atom. The highest BCUT2D eigenvalue weighted by Crippen LogP contribution is 2.30. The minimum atomic E-state index is -0.524. The van der Waals surface area contributed by atoms with E-state index >= 15 is 0 Å². The number of hydrogen-bond acceptors (Lipinski definition) is 8. The van der Waals surface area contributed by atoms with E-state index in [2.05, 4.69) is 26.2 Å². The van der Waals surface area contributed by atoms with Gasteiger partial charge in [0.2, 0.25) is 5.91 Å². The number of hydrogen-bond donors (Lipinski definition) is 3. The lowest BCUT2D eigenvalue weighted by molar-refractivity contribution is -0.116. The highest BCUT2D eigenvalue weighted by molar-refractivity contribution is 6.00. The molecular formula is C26H31FN8O5. The molecule has 3 aromatic rings. The van der Waals surface area contributed by atoms with Gasteiger partial charge in [0.15, 0.2) is 0 Å². The van der Waals surface area contributed by atoms with Crippen molar-refractivity contribution in [2.45, 2.75) is 32.5 Å². The SMILES string of the molecule is C[C@@H]1CN([C@H](C)CO)C(=O)c2cc(NC(=O)Cn3cnnn3)ccc2O[C@@H]1CN(C)C(=O)Nc1ccc(F)cc1. The van der Waals surface area contributed by atoms with E-state index in [1.165, 1.54) is 46.2 Å². The fraction of sp³-hybridized carbons (Fsp3) is 0.385. The van der Waals surface area contributed by atoms with Crippen LogP contribution in [0.15, 0.2) is 48.8 Å².